The largest absolute Gasteiger partial charge is 0.444 e. The fraction of sp³-hybridized carbons (Fsp3) is 0.923. The molecule has 4 aliphatic rings. The zero-order valence-electron chi connectivity index (χ0n) is 11.6. The van der Waals surface area contributed by atoms with Crippen LogP contribution in [-0.2, 0) is 15.8 Å². The number of nitrogens with zero attached hydrogens (tertiary/aromatic N) is 1. The van der Waals surface area contributed by atoms with E-state index in [2.05, 4.69) is 0 Å². The van der Waals surface area contributed by atoms with Gasteiger partial charge in [-0.1, -0.05) is 0 Å². The quantitative estimate of drug-likeness (QED) is 0.789. The van der Waals surface area contributed by atoms with Crippen LogP contribution in [0.2, 0.25) is 0 Å². The molecule has 0 aromatic rings. The van der Waals surface area contributed by atoms with Crippen molar-refractivity contribution >= 4 is 17.2 Å². The van der Waals surface area contributed by atoms with Gasteiger partial charge in [0.15, 0.2) is 11.1 Å². The lowest BCUT2D eigenvalue weighted by Gasteiger charge is -2.73. The maximum Gasteiger partial charge on any atom is 0.410 e. The van der Waals surface area contributed by atoms with Gasteiger partial charge in [-0.3, -0.25) is 0 Å². The van der Waals surface area contributed by atoms with Crippen molar-refractivity contribution in [2.24, 2.45) is 11.3 Å². The minimum atomic E-state index is -1.68. The molecule has 4 fully saturated rings. The first-order chi connectivity index (χ1) is 8.66. The molecule has 1 saturated heterocycles. The molecule has 1 heterocycles. The summed E-state index contributed by atoms with van der Waals surface area (Å²) < 4.78 is 25.4. The van der Waals surface area contributed by atoms with Gasteiger partial charge in [-0.2, -0.15) is 0 Å². The number of carbonyl (C=O) groups excluding carboxylic acids is 1. The summed E-state index contributed by atoms with van der Waals surface area (Å²) in [6, 6.07) is 0. The Morgan fingerprint density at radius 1 is 1.32 bits per heavy atom. The maximum absolute atomic E-state index is 11.8. The molecule has 3 saturated carbocycles. The van der Waals surface area contributed by atoms with E-state index in [4.69, 9.17) is 4.74 Å². The van der Waals surface area contributed by atoms with Crippen LogP contribution >= 0.6 is 0 Å². The molecule has 0 radical (unpaired) electrons. The van der Waals surface area contributed by atoms with Crippen molar-refractivity contribution in [1.29, 1.82) is 0 Å². The number of rotatable bonds is 2. The first kappa shape index (κ1) is 13.4. The average molecular weight is 287 g/mol. The molecule has 0 aromatic carbocycles. The molecule has 2 bridgehead atoms. The van der Waals surface area contributed by atoms with Crippen LogP contribution in [-0.4, -0.2) is 43.2 Å². The van der Waals surface area contributed by atoms with Crippen molar-refractivity contribution in [2.75, 3.05) is 13.1 Å². The van der Waals surface area contributed by atoms with E-state index in [0.717, 1.165) is 32.4 Å². The predicted molar refractivity (Wildman–Crippen MR) is 71.1 cm³/mol. The number of amides is 1. The summed E-state index contributed by atoms with van der Waals surface area (Å²) in [6.07, 6.45) is 2.33. The molecule has 0 spiro atoms. The molecule has 1 atom stereocenters. The summed E-state index contributed by atoms with van der Waals surface area (Å²) in [6.45, 7) is 7.07. The van der Waals surface area contributed by atoms with E-state index in [1.807, 2.05) is 20.8 Å². The Morgan fingerprint density at radius 3 is 2.26 bits per heavy atom. The van der Waals surface area contributed by atoms with Gasteiger partial charge in [-0.15, -0.1) is 0 Å². The van der Waals surface area contributed by atoms with Crippen molar-refractivity contribution in [3.8, 4) is 0 Å². The lowest BCUT2D eigenvalue weighted by molar-refractivity contribution is -0.167. The van der Waals surface area contributed by atoms with E-state index >= 15 is 0 Å². The average Bonchev–Trinajstić information content (AvgIpc) is 1.99. The van der Waals surface area contributed by atoms with Gasteiger partial charge in [-0.25, -0.2) is 9.00 Å². The monoisotopic (exact) mass is 287 g/mol. The summed E-state index contributed by atoms with van der Waals surface area (Å²) in [5, 5.41) is 0. The zero-order chi connectivity index (χ0) is 14.1. The lowest BCUT2D eigenvalue weighted by Crippen LogP contribution is -2.75. The van der Waals surface area contributed by atoms with Crippen LogP contribution in [0.25, 0.3) is 0 Å². The second-order valence-electron chi connectivity index (χ2n) is 7.41. The Bertz CT molecular complexity index is 430. The Hall–Kier alpha value is -0.620. The predicted octanol–water partition coefficient (Wildman–Crippen LogP) is 2.00. The van der Waals surface area contributed by atoms with Crippen molar-refractivity contribution in [1.82, 2.24) is 4.90 Å². The highest BCUT2D eigenvalue weighted by Crippen LogP contribution is 2.73. The first-order valence-corrected chi connectivity index (χ1v) is 7.86. The van der Waals surface area contributed by atoms with E-state index in [9.17, 15) is 13.6 Å². The minimum Gasteiger partial charge on any atom is -0.444 e. The van der Waals surface area contributed by atoms with Gasteiger partial charge in [0, 0.05) is 19.0 Å². The van der Waals surface area contributed by atoms with Gasteiger partial charge in [0.1, 0.15) is 5.60 Å². The molecule has 4 rings (SSSR count). The van der Waals surface area contributed by atoms with Gasteiger partial charge in [0.25, 0.3) is 0 Å². The van der Waals surface area contributed by atoms with Gasteiger partial charge < -0.3 is 14.2 Å². The highest BCUT2D eigenvalue weighted by Gasteiger charge is 2.74. The summed E-state index contributed by atoms with van der Waals surface area (Å²) in [7, 11) is 0. The zero-order valence-corrected chi connectivity index (χ0v) is 12.5. The lowest BCUT2D eigenvalue weighted by atomic mass is 9.38. The van der Waals surface area contributed by atoms with Crippen LogP contribution in [0.1, 0.15) is 40.0 Å². The highest BCUT2D eigenvalue weighted by molar-refractivity contribution is 7.81. The van der Waals surface area contributed by atoms with E-state index < -0.39 is 16.7 Å². The number of carbonyl (C=O) groups is 1. The number of hydrogen-bond acceptors (Lipinski definition) is 3. The Balaban J connectivity index is 1.48. The third-order valence-corrected chi connectivity index (χ3v) is 5.97. The number of ether oxygens (including phenoxy) is 1. The SMILES string of the molecule is CC(C)(C)OC(=O)N1CC(C23CC(S(=O)O)(C2)C3)C1. The molecule has 5 nitrogen and oxygen atoms in total. The highest BCUT2D eigenvalue weighted by atomic mass is 32.2. The van der Waals surface area contributed by atoms with Crippen LogP contribution in [0.3, 0.4) is 0 Å². The van der Waals surface area contributed by atoms with Crippen LogP contribution in [0.5, 0.6) is 0 Å². The van der Waals surface area contributed by atoms with E-state index in [0.29, 0.717) is 5.92 Å². The van der Waals surface area contributed by atoms with Crippen LogP contribution in [0.4, 0.5) is 4.79 Å². The summed E-state index contributed by atoms with van der Waals surface area (Å²) in [5.74, 6) is 0.491. The fourth-order valence-electron chi connectivity index (χ4n) is 3.73. The molecule has 1 N–H and O–H groups in total. The second kappa shape index (κ2) is 3.73. The molecular weight excluding hydrogens is 266 g/mol. The molecule has 108 valence electrons. The standard InChI is InChI=1S/C13H21NO4S/c1-11(2,3)18-10(15)14-4-9(5-14)12-6-13(7-12,8-12)19(16)17/h9H,4-8H2,1-3H3,(H,16,17). The first-order valence-electron chi connectivity index (χ1n) is 6.75. The van der Waals surface area contributed by atoms with Gasteiger partial charge in [0.05, 0.1) is 4.75 Å². The fourth-order valence-corrected chi connectivity index (χ4v) is 4.96. The second-order valence-corrected chi connectivity index (χ2v) is 8.77. The summed E-state index contributed by atoms with van der Waals surface area (Å²) >= 11 is -1.68. The Morgan fingerprint density at radius 2 is 1.84 bits per heavy atom. The maximum atomic E-state index is 11.8. The van der Waals surface area contributed by atoms with E-state index in [-0.39, 0.29) is 16.3 Å². The Labute approximate surface area is 116 Å². The molecule has 0 aromatic heterocycles. The van der Waals surface area contributed by atoms with Gasteiger partial charge in [-0.05, 0) is 45.4 Å². The van der Waals surface area contributed by atoms with Gasteiger partial charge in [0.2, 0.25) is 0 Å². The molecule has 3 aliphatic carbocycles. The van der Waals surface area contributed by atoms with Crippen molar-refractivity contribution < 1.29 is 18.3 Å². The van der Waals surface area contributed by atoms with E-state index in [1.165, 1.54) is 0 Å². The smallest absolute Gasteiger partial charge is 0.410 e. The van der Waals surface area contributed by atoms with Crippen molar-refractivity contribution in [3.05, 3.63) is 0 Å². The third kappa shape index (κ3) is 1.91. The molecular formula is C13H21NO4S. The normalized spacial score (nSPS) is 38.8. The van der Waals surface area contributed by atoms with Crippen LogP contribution in [0, 0.1) is 11.3 Å². The molecule has 6 heteroatoms. The molecule has 1 aliphatic heterocycles. The minimum absolute atomic E-state index is 0.240. The summed E-state index contributed by atoms with van der Waals surface area (Å²) in [5.41, 5.74) is -0.201. The number of likely N-dealkylation sites (tertiary alicyclic amines) is 1. The van der Waals surface area contributed by atoms with Crippen LogP contribution in [0.15, 0.2) is 0 Å². The molecule has 19 heavy (non-hydrogen) atoms. The van der Waals surface area contributed by atoms with Crippen molar-refractivity contribution in [3.63, 3.8) is 0 Å². The molecule has 1 unspecified atom stereocenters. The van der Waals surface area contributed by atoms with Gasteiger partial charge >= 0.3 is 6.09 Å². The molecule has 1 amide bonds. The number of hydrogen-bond donors (Lipinski definition) is 1. The summed E-state index contributed by atoms with van der Waals surface area (Å²) in [4.78, 5) is 13.6. The van der Waals surface area contributed by atoms with Crippen molar-refractivity contribution in [2.45, 2.75) is 50.4 Å². The third-order valence-electron chi connectivity index (χ3n) is 4.79. The van der Waals surface area contributed by atoms with E-state index in [1.54, 1.807) is 4.90 Å². The topological polar surface area (TPSA) is 66.8 Å². The van der Waals surface area contributed by atoms with Crippen LogP contribution < -0.4 is 0 Å². The Kier molecular flexibility index (Phi) is 2.62.